The Bertz CT molecular complexity index is 461. The molecule has 0 radical (unpaired) electrons. The molecule has 1 amide bonds. The SMILES string of the molecule is CN(CCC(=O)Nc1ccc(N)cc1)C1CCCCC1O. The van der Waals surface area contributed by atoms with E-state index in [0.29, 0.717) is 18.7 Å². The van der Waals surface area contributed by atoms with E-state index in [2.05, 4.69) is 10.2 Å². The first kappa shape index (κ1) is 15.8. The van der Waals surface area contributed by atoms with Crippen LogP contribution in [0.15, 0.2) is 24.3 Å². The average molecular weight is 291 g/mol. The van der Waals surface area contributed by atoms with Crippen LogP contribution in [-0.2, 0) is 4.79 Å². The summed E-state index contributed by atoms with van der Waals surface area (Å²) in [5.41, 5.74) is 7.05. The van der Waals surface area contributed by atoms with Gasteiger partial charge in [-0.1, -0.05) is 12.8 Å². The monoisotopic (exact) mass is 291 g/mol. The van der Waals surface area contributed by atoms with Gasteiger partial charge in [0.15, 0.2) is 0 Å². The van der Waals surface area contributed by atoms with Gasteiger partial charge in [-0.3, -0.25) is 4.79 Å². The van der Waals surface area contributed by atoms with E-state index in [1.165, 1.54) is 0 Å². The number of rotatable bonds is 5. The molecule has 1 aromatic rings. The van der Waals surface area contributed by atoms with E-state index >= 15 is 0 Å². The Morgan fingerprint density at radius 1 is 1.33 bits per heavy atom. The van der Waals surface area contributed by atoms with Crippen molar-refractivity contribution in [3.63, 3.8) is 0 Å². The van der Waals surface area contributed by atoms with Crippen molar-refractivity contribution in [3.8, 4) is 0 Å². The fourth-order valence-corrected chi connectivity index (χ4v) is 2.84. The minimum Gasteiger partial charge on any atom is -0.399 e. The van der Waals surface area contributed by atoms with Crippen LogP contribution in [-0.4, -0.2) is 41.7 Å². The van der Waals surface area contributed by atoms with Crippen LogP contribution in [0.1, 0.15) is 32.1 Å². The second kappa shape index (κ2) is 7.43. The molecule has 5 nitrogen and oxygen atoms in total. The molecule has 21 heavy (non-hydrogen) atoms. The van der Waals surface area contributed by atoms with Gasteiger partial charge in [-0.25, -0.2) is 0 Å². The summed E-state index contributed by atoms with van der Waals surface area (Å²) in [6.07, 6.45) is 4.30. The van der Waals surface area contributed by atoms with Gasteiger partial charge in [0, 0.05) is 30.4 Å². The zero-order valence-corrected chi connectivity index (χ0v) is 12.6. The summed E-state index contributed by atoms with van der Waals surface area (Å²) < 4.78 is 0. The van der Waals surface area contributed by atoms with Crippen LogP contribution in [0.2, 0.25) is 0 Å². The van der Waals surface area contributed by atoms with Gasteiger partial charge in [-0.15, -0.1) is 0 Å². The quantitative estimate of drug-likeness (QED) is 0.723. The van der Waals surface area contributed by atoms with Gasteiger partial charge in [0.2, 0.25) is 5.91 Å². The average Bonchev–Trinajstić information content (AvgIpc) is 2.48. The Morgan fingerprint density at radius 2 is 2.00 bits per heavy atom. The van der Waals surface area contributed by atoms with Crippen LogP contribution in [0.4, 0.5) is 11.4 Å². The van der Waals surface area contributed by atoms with Crippen molar-refractivity contribution in [3.05, 3.63) is 24.3 Å². The van der Waals surface area contributed by atoms with E-state index in [9.17, 15) is 9.90 Å². The Balaban J connectivity index is 1.76. The van der Waals surface area contributed by atoms with Crippen LogP contribution in [0.3, 0.4) is 0 Å². The smallest absolute Gasteiger partial charge is 0.225 e. The third kappa shape index (κ3) is 4.72. The lowest BCUT2D eigenvalue weighted by Crippen LogP contribution is -2.44. The van der Waals surface area contributed by atoms with E-state index in [1.54, 1.807) is 24.3 Å². The van der Waals surface area contributed by atoms with Gasteiger partial charge in [0.05, 0.1) is 6.10 Å². The van der Waals surface area contributed by atoms with Crippen molar-refractivity contribution in [2.45, 2.75) is 44.2 Å². The minimum atomic E-state index is -0.260. The number of anilines is 2. The number of likely N-dealkylation sites (N-methyl/N-ethyl adjacent to an activating group) is 1. The lowest BCUT2D eigenvalue weighted by Gasteiger charge is -2.35. The summed E-state index contributed by atoms with van der Waals surface area (Å²) in [6, 6.07) is 7.30. The van der Waals surface area contributed by atoms with Gasteiger partial charge in [0.1, 0.15) is 0 Å². The van der Waals surface area contributed by atoms with Crippen molar-refractivity contribution in [1.82, 2.24) is 4.90 Å². The number of hydrogen-bond acceptors (Lipinski definition) is 4. The van der Waals surface area contributed by atoms with Crippen molar-refractivity contribution >= 4 is 17.3 Å². The number of amides is 1. The first-order valence-corrected chi connectivity index (χ1v) is 7.60. The van der Waals surface area contributed by atoms with Crippen LogP contribution in [0.25, 0.3) is 0 Å². The second-order valence-electron chi connectivity index (χ2n) is 5.82. The van der Waals surface area contributed by atoms with Gasteiger partial charge in [0.25, 0.3) is 0 Å². The molecule has 0 spiro atoms. The summed E-state index contributed by atoms with van der Waals surface area (Å²) in [6.45, 7) is 0.655. The number of aliphatic hydroxyl groups is 1. The van der Waals surface area contributed by atoms with Gasteiger partial charge in [-0.05, 0) is 44.2 Å². The molecule has 0 aromatic heterocycles. The highest BCUT2D eigenvalue weighted by atomic mass is 16.3. The number of nitrogen functional groups attached to an aromatic ring is 1. The molecule has 2 rings (SSSR count). The molecule has 0 saturated heterocycles. The lowest BCUT2D eigenvalue weighted by atomic mass is 9.91. The van der Waals surface area contributed by atoms with E-state index in [4.69, 9.17) is 5.73 Å². The standard InChI is InChI=1S/C16H25N3O2/c1-19(14-4-2-3-5-15(14)20)11-10-16(21)18-13-8-6-12(17)7-9-13/h6-9,14-15,20H,2-5,10-11,17H2,1H3,(H,18,21). The molecule has 0 aliphatic heterocycles. The summed E-state index contributed by atoms with van der Waals surface area (Å²) >= 11 is 0. The number of carbonyl (C=O) groups excluding carboxylic acids is 1. The van der Waals surface area contributed by atoms with Crippen molar-refractivity contribution < 1.29 is 9.90 Å². The molecule has 5 heteroatoms. The fourth-order valence-electron chi connectivity index (χ4n) is 2.84. The van der Waals surface area contributed by atoms with Crippen molar-refractivity contribution in [1.29, 1.82) is 0 Å². The first-order valence-electron chi connectivity index (χ1n) is 7.60. The third-order valence-electron chi connectivity index (χ3n) is 4.15. The predicted molar refractivity (Wildman–Crippen MR) is 85.0 cm³/mol. The maximum atomic E-state index is 11.9. The molecule has 0 heterocycles. The number of aliphatic hydroxyl groups excluding tert-OH is 1. The van der Waals surface area contributed by atoms with Crippen LogP contribution >= 0.6 is 0 Å². The highest BCUT2D eigenvalue weighted by Crippen LogP contribution is 2.22. The summed E-state index contributed by atoms with van der Waals surface area (Å²) in [5, 5.41) is 12.9. The van der Waals surface area contributed by atoms with Crippen LogP contribution in [0.5, 0.6) is 0 Å². The number of nitrogens with zero attached hydrogens (tertiary/aromatic N) is 1. The van der Waals surface area contributed by atoms with E-state index in [0.717, 1.165) is 31.4 Å². The highest BCUT2D eigenvalue weighted by molar-refractivity contribution is 5.90. The topological polar surface area (TPSA) is 78.6 Å². The minimum absolute atomic E-state index is 0.0167. The normalized spacial score (nSPS) is 22.2. The number of hydrogen-bond donors (Lipinski definition) is 3. The molecule has 116 valence electrons. The zero-order chi connectivity index (χ0) is 15.2. The van der Waals surface area contributed by atoms with Crippen LogP contribution in [0, 0.1) is 0 Å². The Labute approximate surface area is 126 Å². The molecule has 1 aliphatic rings. The molecular formula is C16H25N3O2. The van der Waals surface area contributed by atoms with E-state index in [1.807, 2.05) is 7.05 Å². The van der Waals surface area contributed by atoms with E-state index in [-0.39, 0.29) is 18.1 Å². The molecule has 1 aromatic carbocycles. The zero-order valence-electron chi connectivity index (χ0n) is 12.6. The molecule has 1 saturated carbocycles. The third-order valence-corrected chi connectivity index (χ3v) is 4.15. The Morgan fingerprint density at radius 3 is 2.67 bits per heavy atom. The lowest BCUT2D eigenvalue weighted by molar-refractivity contribution is -0.116. The predicted octanol–water partition coefficient (Wildman–Crippen LogP) is 1.83. The maximum Gasteiger partial charge on any atom is 0.225 e. The molecule has 2 atom stereocenters. The summed E-state index contributed by atoms with van der Waals surface area (Å²) in [7, 11) is 1.98. The number of nitrogens with one attached hydrogen (secondary N) is 1. The Kier molecular flexibility index (Phi) is 5.59. The fraction of sp³-hybridized carbons (Fsp3) is 0.562. The summed E-state index contributed by atoms with van der Waals surface area (Å²) in [4.78, 5) is 14.0. The van der Waals surface area contributed by atoms with Crippen LogP contribution < -0.4 is 11.1 Å². The van der Waals surface area contributed by atoms with Gasteiger partial charge >= 0.3 is 0 Å². The largest absolute Gasteiger partial charge is 0.399 e. The van der Waals surface area contributed by atoms with Gasteiger partial charge < -0.3 is 21.1 Å². The van der Waals surface area contributed by atoms with E-state index < -0.39 is 0 Å². The molecule has 2 unspecified atom stereocenters. The molecule has 0 bridgehead atoms. The number of nitrogens with two attached hydrogens (primary N) is 1. The first-order chi connectivity index (χ1) is 10.1. The molecule has 1 aliphatic carbocycles. The number of benzene rings is 1. The summed E-state index contributed by atoms with van der Waals surface area (Å²) in [5.74, 6) is -0.0167. The molecule has 1 fully saturated rings. The number of carbonyl (C=O) groups is 1. The molecular weight excluding hydrogens is 266 g/mol. The van der Waals surface area contributed by atoms with Crippen molar-refractivity contribution in [2.75, 3.05) is 24.6 Å². The second-order valence-corrected chi connectivity index (χ2v) is 5.82. The highest BCUT2D eigenvalue weighted by Gasteiger charge is 2.26. The molecule has 4 N–H and O–H groups in total. The Hall–Kier alpha value is -1.59. The van der Waals surface area contributed by atoms with Crippen molar-refractivity contribution in [2.24, 2.45) is 0 Å². The maximum absolute atomic E-state index is 11.9. The van der Waals surface area contributed by atoms with Gasteiger partial charge in [-0.2, -0.15) is 0 Å².